The van der Waals surface area contributed by atoms with Crippen LogP contribution in [0.3, 0.4) is 0 Å². The molecule has 0 aromatic carbocycles. The third kappa shape index (κ3) is 2.71. The van der Waals surface area contributed by atoms with Crippen LogP contribution in [-0.2, 0) is 0 Å². The van der Waals surface area contributed by atoms with Gasteiger partial charge in [-0.3, -0.25) is 15.1 Å². The Morgan fingerprint density at radius 3 is 3.06 bits per heavy atom. The summed E-state index contributed by atoms with van der Waals surface area (Å²) in [5.41, 5.74) is 0.174. The number of carbonyl (C=O) groups is 1. The first-order chi connectivity index (χ1) is 8.29. The van der Waals surface area contributed by atoms with Gasteiger partial charge in [0.05, 0.1) is 12.4 Å². The molecule has 0 saturated carbocycles. The lowest BCUT2D eigenvalue weighted by Crippen LogP contribution is -2.16. The van der Waals surface area contributed by atoms with Gasteiger partial charge < -0.3 is 5.32 Å². The van der Waals surface area contributed by atoms with Gasteiger partial charge in [-0.15, -0.1) is 5.10 Å². The summed E-state index contributed by atoms with van der Waals surface area (Å²) >= 11 is 0. The smallest absolute Gasteiger partial charge is 0.278 e. The number of hydrogen-bond donors (Lipinski definition) is 3. The van der Waals surface area contributed by atoms with Crippen molar-refractivity contribution in [2.75, 3.05) is 17.2 Å². The van der Waals surface area contributed by atoms with E-state index in [9.17, 15) is 4.79 Å². The van der Waals surface area contributed by atoms with E-state index in [0.717, 1.165) is 0 Å². The number of rotatable bonds is 4. The van der Waals surface area contributed by atoms with Crippen LogP contribution in [0, 0.1) is 0 Å². The second-order valence-electron chi connectivity index (χ2n) is 3.01. The van der Waals surface area contributed by atoms with Gasteiger partial charge in [0.2, 0.25) is 0 Å². The molecule has 3 N–H and O–H groups in total. The second-order valence-corrected chi connectivity index (χ2v) is 3.01. The molecule has 0 fully saturated rings. The van der Waals surface area contributed by atoms with E-state index in [4.69, 9.17) is 0 Å². The normalized spacial score (nSPS) is 9.94. The molecule has 0 aliphatic rings. The van der Waals surface area contributed by atoms with Crippen molar-refractivity contribution in [3.8, 4) is 0 Å². The minimum absolute atomic E-state index is 0.0886. The highest BCUT2D eigenvalue weighted by Gasteiger charge is 2.11. The first-order valence-electron chi connectivity index (χ1n) is 4.90. The maximum absolute atomic E-state index is 11.7. The largest absolute Gasteiger partial charge is 0.369 e. The summed E-state index contributed by atoms with van der Waals surface area (Å²) in [6.45, 7) is 2.62. The maximum Gasteiger partial charge on any atom is 0.278 e. The van der Waals surface area contributed by atoms with E-state index in [1.165, 1.54) is 12.4 Å². The second kappa shape index (κ2) is 4.96. The molecule has 1 amide bonds. The summed E-state index contributed by atoms with van der Waals surface area (Å²) in [4.78, 5) is 19.7. The van der Waals surface area contributed by atoms with Crippen LogP contribution in [0.15, 0.2) is 12.4 Å². The van der Waals surface area contributed by atoms with Gasteiger partial charge in [0.1, 0.15) is 11.5 Å². The molecule has 88 valence electrons. The Balaban J connectivity index is 2.11. The minimum atomic E-state index is -0.446. The molecule has 0 spiro atoms. The average molecular weight is 234 g/mol. The molecule has 2 aromatic heterocycles. The number of amides is 1. The SMILES string of the molecule is CCNc1cncc(C(=O)Nc2nn[nH]n2)n1. The van der Waals surface area contributed by atoms with Crippen molar-refractivity contribution in [1.29, 1.82) is 0 Å². The summed E-state index contributed by atoms with van der Waals surface area (Å²) in [5, 5.41) is 18.1. The lowest BCUT2D eigenvalue weighted by atomic mass is 10.4. The van der Waals surface area contributed by atoms with Crippen molar-refractivity contribution in [3.63, 3.8) is 0 Å². The van der Waals surface area contributed by atoms with Crippen LogP contribution < -0.4 is 10.6 Å². The lowest BCUT2D eigenvalue weighted by molar-refractivity contribution is 0.102. The third-order valence-electron chi connectivity index (χ3n) is 1.80. The number of tetrazole rings is 1. The highest BCUT2D eigenvalue weighted by molar-refractivity contribution is 6.01. The van der Waals surface area contributed by atoms with Gasteiger partial charge in [-0.05, 0) is 12.1 Å². The van der Waals surface area contributed by atoms with E-state index in [-0.39, 0.29) is 11.6 Å². The van der Waals surface area contributed by atoms with Crippen LogP contribution in [-0.4, -0.2) is 43.0 Å². The summed E-state index contributed by atoms with van der Waals surface area (Å²) < 4.78 is 0. The molecule has 0 radical (unpaired) electrons. The Bertz CT molecular complexity index is 496. The van der Waals surface area contributed by atoms with Gasteiger partial charge in [0.25, 0.3) is 11.9 Å². The predicted octanol–water partition coefficient (Wildman–Crippen LogP) is -0.326. The summed E-state index contributed by atoms with van der Waals surface area (Å²) in [5.74, 6) is 0.178. The van der Waals surface area contributed by atoms with Crippen molar-refractivity contribution in [1.82, 2.24) is 30.6 Å². The molecule has 0 bridgehead atoms. The Morgan fingerprint density at radius 2 is 2.35 bits per heavy atom. The number of hydrogen-bond acceptors (Lipinski definition) is 7. The Labute approximate surface area is 96.1 Å². The van der Waals surface area contributed by atoms with Crippen molar-refractivity contribution in [2.45, 2.75) is 6.92 Å². The Hall–Kier alpha value is -2.58. The maximum atomic E-state index is 11.7. The Morgan fingerprint density at radius 1 is 1.47 bits per heavy atom. The van der Waals surface area contributed by atoms with E-state index < -0.39 is 5.91 Å². The standard InChI is InChI=1S/C8H10N8O/c1-2-10-6-4-9-3-5(11-6)7(17)12-8-13-15-16-14-8/h3-4H,2H2,1H3,(H,10,11)(H2,12,13,14,15,16,17). The van der Waals surface area contributed by atoms with Crippen LogP contribution in [0.4, 0.5) is 11.8 Å². The lowest BCUT2D eigenvalue weighted by Gasteiger charge is -2.03. The van der Waals surface area contributed by atoms with E-state index in [1.807, 2.05) is 6.92 Å². The predicted molar refractivity (Wildman–Crippen MR) is 58.3 cm³/mol. The number of nitrogens with zero attached hydrogens (tertiary/aromatic N) is 5. The molecular weight excluding hydrogens is 224 g/mol. The van der Waals surface area contributed by atoms with Gasteiger partial charge in [-0.25, -0.2) is 4.98 Å². The molecular formula is C8H10N8O. The molecule has 0 atom stereocenters. The molecule has 2 aromatic rings. The van der Waals surface area contributed by atoms with Gasteiger partial charge >= 0.3 is 0 Å². The van der Waals surface area contributed by atoms with Crippen LogP contribution in [0.1, 0.15) is 17.4 Å². The number of anilines is 2. The topological polar surface area (TPSA) is 121 Å². The molecule has 9 heteroatoms. The first-order valence-corrected chi connectivity index (χ1v) is 4.90. The van der Waals surface area contributed by atoms with Gasteiger partial charge in [-0.1, -0.05) is 5.10 Å². The van der Waals surface area contributed by atoms with Crippen LogP contribution in [0.5, 0.6) is 0 Å². The molecule has 2 heterocycles. The summed E-state index contributed by atoms with van der Waals surface area (Å²) in [7, 11) is 0. The quantitative estimate of drug-likeness (QED) is 0.662. The van der Waals surface area contributed by atoms with Crippen LogP contribution in [0.25, 0.3) is 0 Å². The van der Waals surface area contributed by atoms with Gasteiger partial charge in [0.15, 0.2) is 0 Å². The zero-order chi connectivity index (χ0) is 12.1. The Kier molecular flexibility index (Phi) is 3.19. The summed E-state index contributed by atoms with van der Waals surface area (Å²) in [6, 6.07) is 0. The van der Waals surface area contributed by atoms with E-state index in [0.29, 0.717) is 12.4 Å². The monoisotopic (exact) mass is 234 g/mol. The number of carbonyl (C=O) groups excluding carboxylic acids is 1. The zero-order valence-electron chi connectivity index (χ0n) is 9.01. The van der Waals surface area contributed by atoms with Gasteiger partial charge in [0, 0.05) is 6.54 Å². The van der Waals surface area contributed by atoms with Crippen molar-refractivity contribution in [2.24, 2.45) is 0 Å². The van der Waals surface area contributed by atoms with Crippen molar-refractivity contribution < 1.29 is 4.79 Å². The van der Waals surface area contributed by atoms with E-state index >= 15 is 0 Å². The van der Waals surface area contributed by atoms with Crippen LogP contribution >= 0.6 is 0 Å². The zero-order valence-corrected chi connectivity index (χ0v) is 9.01. The highest BCUT2D eigenvalue weighted by atomic mass is 16.2. The summed E-state index contributed by atoms with van der Waals surface area (Å²) in [6.07, 6.45) is 2.89. The molecule has 9 nitrogen and oxygen atoms in total. The highest BCUT2D eigenvalue weighted by Crippen LogP contribution is 2.03. The fourth-order valence-corrected chi connectivity index (χ4v) is 1.12. The molecule has 2 rings (SSSR count). The third-order valence-corrected chi connectivity index (χ3v) is 1.80. The molecule has 0 saturated heterocycles. The minimum Gasteiger partial charge on any atom is -0.369 e. The fourth-order valence-electron chi connectivity index (χ4n) is 1.12. The van der Waals surface area contributed by atoms with Gasteiger partial charge in [-0.2, -0.15) is 5.21 Å². The van der Waals surface area contributed by atoms with Crippen molar-refractivity contribution in [3.05, 3.63) is 18.1 Å². The number of aromatic amines is 1. The average Bonchev–Trinajstić information content (AvgIpc) is 2.83. The molecule has 0 unspecified atom stereocenters. The fraction of sp³-hybridized carbons (Fsp3) is 0.250. The van der Waals surface area contributed by atoms with E-state index in [2.05, 4.69) is 41.2 Å². The number of H-pyrrole nitrogens is 1. The molecule has 17 heavy (non-hydrogen) atoms. The molecule has 0 aliphatic heterocycles. The van der Waals surface area contributed by atoms with E-state index in [1.54, 1.807) is 0 Å². The number of nitrogens with one attached hydrogen (secondary N) is 3. The number of aromatic nitrogens is 6. The van der Waals surface area contributed by atoms with Crippen LogP contribution in [0.2, 0.25) is 0 Å². The van der Waals surface area contributed by atoms with Crippen molar-refractivity contribution >= 4 is 17.7 Å². The first kappa shape index (κ1) is 10.9. The molecule has 0 aliphatic carbocycles.